The SMILES string of the molecule is [2H]c1c([2H])c([2H])c(-c2ccnc(-c3[c-]c(-c4cccc5c4nc(-c4ccccc4O)n5-c4ccc(-c5ccccc5)c(C([2H])([2H])[2H])c4)cc(C(C)(C)C)c3)c2)c([2H])c1[2H].[Pt]. The summed E-state index contributed by atoms with van der Waals surface area (Å²) in [7, 11) is 0. The Morgan fingerprint density at radius 3 is 2.23 bits per heavy atom. The molecule has 52 heavy (non-hydrogen) atoms. The molecule has 0 saturated heterocycles. The minimum Gasteiger partial charge on any atom is -0.507 e. The maximum atomic E-state index is 11.2. The van der Waals surface area contributed by atoms with Gasteiger partial charge in [-0.3, -0.25) is 9.55 Å². The first-order chi connectivity index (χ1) is 28.0. The maximum absolute atomic E-state index is 11.2. The van der Waals surface area contributed by atoms with Gasteiger partial charge in [-0.25, -0.2) is 4.98 Å². The van der Waals surface area contributed by atoms with Crippen LogP contribution in [0.15, 0.2) is 152 Å². The van der Waals surface area contributed by atoms with Gasteiger partial charge < -0.3 is 5.11 Å². The first-order valence-corrected chi connectivity index (χ1v) is 16.6. The van der Waals surface area contributed by atoms with E-state index in [1.165, 1.54) is 0 Å². The Bertz CT molecular complexity index is 2910. The zero-order chi connectivity index (χ0) is 42.0. The van der Waals surface area contributed by atoms with Crippen molar-refractivity contribution >= 4 is 11.0 Å². The van der Waals surface area contributed by atoms with E-state index in [1.54, 1.807) is 42.6 Å². The normalized spacial score (nSPS) is 13.8. The molecule has 1 N–H and O–H groups in total. The van der Waals surface area contributed by atoms with Crippen LogP contribution >= 0.6 is 0 Å². The van der Waals surface area contributed by atoms with E-state index < -0.39 is 25.0 Å². The van der Waals surface area contributed by atoms with Crippen molar-refractivity contribution in [2.24, 2.45) is 0 Å². The van der Waals surface area contributed by atoms with Gasteiger partial charge in [0, 0.05) is 42.8 Å². The molecule has 5 heteroatoms. The zero-order valence-corrected chi connectivity index (χ0v) is 30.9. The molecule has 0 atom stereocenters. The van der Waals surface area contributed by atoms with Gasteiger partial charge in [0.25, 0.3) is 0 Å². The van der Waals surface area contributed by atoms with E-state index in [0.29, 0.717) is 56.1 Å². The summed E-state index contributed by atoms with van der Waals surface area (Å²) in [6, 6.07) is 36.5. The van der Waals surface area contributed by atoms with Crippen LogP contribution in [0.4, 0.5) is 0 Å². The summed E-state index contributed by atoms with van der Waals surface area (Å²) in [6.07, 6.45) is 1.56. The Morgan fingerprint density at radius 1 is 0.712 bits per heavy atom. The number of rotatable bonds is 6. The molecule has 0 aliphatic heterocycles. The predicted molar refractivity (Wildman–Crippen MR) is 210 cm³/mol. The standard InChI is InChI=1S/C47H38N3O.Pt/c1-31-26-38(22-23-39(31)33-16-9-6-10-17-33)50-43-20-13-19-40(45(43)49-46(50)41-18-11-12-21-44(41)51)35-27-36(29-37(28-35)47(2,3)4)42-30-34(24-25-48-42)32-14-7-5-8-15-32;/h5-26,28-30,51H,1-4H3;/q-1;/i1D3,5D,7D,8D,14D,15D;. The summed E-state index contributed by atoms with van der Waals surface area (Å²) in [5, 5.41) is 11.2. The number of hydrogen-bond donors (Lipinski definition) is 1. The third kappa shape index (κ3) is 6.63. The number of benzene rings is 6. The van der Waals surface area contributed by atoms with E-state index in [-0.39, 0.29) is 55.4 Å². The molecule has 8 aromatic rings. The summed E-state index contributed by atoms with van der Waals surface area (Å²) < 4.78 is 69.2. The molecule has 0 aliphatic rings. The maximum Gasteiger partial charge on any atom is 0.148 e. The van der Waals surface area contributed by atoms with E-state index in [0.717, 1.165) is 16.7 Å². The number of phenols is 1. The quantitative estimate of drug-likeness (QED) is 0.169. The van der Waals surface area contributed by atoms with Gasteiger partial charge in [0.2, 0.25) is 0 Å². The van der Waals surface area contributed by atoms with E-state index in [1.807, 2.05) is 77.4 Å². The van der Waals surface area contributed by atoms with Crippen LogP contribution in [0.2, 0.25) is 0 Å². The molecule has 8 rings (SSSR count). The van der Waals surface area contributed by atoms with Crippen LogP contribution in [0, 0.1) is 12.9 Å². The number of fused-ring (bicyclic) bond motifs is 1. The Labute approximate surface area is 331 Å². The molecule has 2 heterocycles. The van der Waals surface area contributed by atoms with Gasteiger partial charge in [-0.15, -0.1) is 29.3 Å². The number of imidazole rings is 1. The predicted octanol–water partition coefficient (Wildman–Crippen LogP) is 11.9. The Morgan fingerprint density at radius 2 is 1.46 bits per heavy atom. The van der Waals surface area contributed by atoms with Crippen molar-refractivity contribution in [1.29, 1.82) is 0 Å². The van der Waals surface area contributed by atoms with Crippen molar-refractivity contribution in [3.8, 4) is 67.5 Å². The van der Waals surface area contributed by atoms with Crippen LogP contribution < -0.4 is 0 Å². The van der Waals surface area contributed by atoms with Gasteiger partial charge in [-0.05, 0) is 76.5 Å². The molecule has 0 unspecified atom stereocenters. The molecule has 0 spiro atoms. The molecule has 0 amide bonds. The summed E-state index contributed by atoms with van der Waals surface area (Å²) in [4.78, 5) is 9.86. The Kier molecular flexibility index (Phi) is 7.17. The van der Waals surface area contributed by atoms with Crippen molar-refractivity contribution in [3.05, 3.63) is 169 Å². The molecule has 4 nitrogen and oxygen atoms in total. The van der Waals surface area contributed by atoms with Gasteiger partial charge in [-0.1, -0.05) is 129 Å². The van der Waals surface area contributed by atoms with Gasteiger partial charge in [0.05, 0.1) is 23.5 Å². The third-order valence-electron chi connectivity index (χ3n) is 9.03. The minimum atomic E-state index is -2.44. The summed E-state index contributed by atoms with van der Waals surface area (Å²) in [5.41, 5.74) is 7.49. The smallest absolute Gasteiger partial charge is 0.148 e. The van der Waals surface area contributed by atoms with Crippen LogP contribution in [0.3, 0.4) is 0 Å². The minimum absolute atomic E-state index is 0. The first kappa shape index (κ1) is 26.2. The van der Waals surface area contributed by atoms with Crippen molar-refractivity contribution in [3.63, 3.8) is 0 Å². The molecular formula is C47H38N3OPt-. The van der Waals surface area contributed by atoms with Crippen LogP contribution in [-0.4, -0.2) is 19.6 Å². The number of phenolic OH excluding ortho intramolecular Hbond substituents is 1. The number of pyridine rings is 1. The number of hydrogen-bond acceptors (Lipinski definition) is 3. The number of aromatic hydroxyl groups is 1. The zero-order valence-electron chi connectivity index (χ0n) is 36.7. The molecule has 6 aromatic carbocycles. The average molecular weight is 864 g/mol. The molecule has 0 radical (unpaired) electrons. The van der Waals surface area contributed by atoms with E-state index >= 15 is 0 Å². The third-order valence-corrected chi connectivity index (χ3v) is 9.03. The van der Waals surface area contributed by atoms with Crippen molar-refractivity contribution < 1.29 is 37.1 Å². The Balaban J connectivity index is 0.00000544. The second-order valence-corrected chi connectivity index (χ2v) is 13.4. The molecule has 0 saturated carbocycles. The van der Waals surface area contributed by atoms with Crippen LogP contribution in [-0.2, 0) is 26.5 Å². The van der Waals surface area contributed by atoms with E-state index in [9.17, 15) is 5.11 Å². The first-order valence-electron chi connectivity index (χ1n) is 20.6. The second-order valence-electron chi connectivity index (χ2n) is 13.4. The number of nitrogens with zero attached hydrogens (tertiary/aromatic N) is 3. The number of aryl methyl sites for hydroxylation is 1. The van der Waals surface area contributed by atoms with Crippen molar-refractivity contribution in [2.45, 2.75) is 33.0 Å². The topological polar surface area (TPSA) is 50.9 Å². The fourth-order valence-electron chi connectivity index (χ4n) is 6.38. The molecule has 0 fully saturated rings. The van der Waals surface area contributed by atoms with Crippen LogP contribution in [0.5, 0.6) is 5.75 Å². The molecule has 2 aromatic heterocycles. The fraction of sp³-hybridized carbons (Fsp3) is 0.106. The van der Waals surface area contributed by atoms with Gasteiger partial charge in [-0.2, -0.15) is 0 Å². The molecular weight excluding hydrogens is 818 g/mol. The fourth-order valence-corrected chi connectivity index (χ4v) is 6.38. The number of para-hydroxylation sites is 2. The van der Waals surface area contributed by atoms with E-state index in [4.69, 9.17) is 16.0 Å². The van der Waals surface area contributed by atoms with Crippen molar-refractivity contribution in [1.82, 2.24) is 14.5 Å². The van der Waals surface area contributed by atoms with Gasteiger partial charge in [0.15, 0.2) is 0 Å². The Hall–Kier alpha value is -5.57. The summed E-state index contributed by atoms with van der Waals surface area (Å²) >= 11 is 0. The molecule has 258 valence electrons. The largest absolute Gasteiger partial charge is 0.507 e. The van der Waals surface area contributed by atoms with Gasteiger partial charge >= 0.3 is 0 Å². The monoisotopic (exact) mass is 863 g/mol. The molecule has 0 bridgehead atoms. The van der Waals surface area contributed by atoms with Crippen LogP contribution in [0.25, 0.3) is 72.7 Å². The van der Waals surface area contributed by atoms with E-state index in [2.05, 4.69) is 37.9 Å². The van der Waals surface area contributed by atoms with Gasteiger partial charge in [0.1, 0.15) is 11.6 Å². The van der Waals surface area contributed by atoms with Crippen LogP contribution in [0.1, 0.15) is 42.9 Å². The summed E-state index contributed by atoms with van der Waals surface area (Å²) in [5.74, 6) is 0.422. The van der Waals surface area contributed by atoms with Crippen molar-refractivity contribution in [2.75, 3.05) is 0 Å². The second kappa shape index (κ2) is 14.2. The molecule has 0 aliphatic carbocycles. The average Bonchev–Trinajstić information content (AvgIpc) is 3.61. The summed E-state index contributed by atoms with van der Waals surface area (Å²) in [6.45, 7) is 3.85. The number of aromatic nitrogens is 3.